The van der Waals surface area contributed by atoms with Gasteiger partial charge in [0.25, 0.3) is 5.91 Å². The van der Waals surface area contributed by atoms with E-state index in [9.17, 15) is 13.2 Å². The van der Waals surface area contributed by atoms with Gasteiger partial charge in [0.05, 0.1) is 31.2 Å². The van der Waals surface area contributed by atoms with Crippen LogP contribution in [0, 0.1) is 0 Å². The summed E-state index contributed by atoms with van der Waals surface area (Å²) in [7, 11) is -0.691. The van der Waals surface area contributed by atoms with Crippen LogP contribution < -0.4 is 19.5 Å². The lowest BCUT2D eigenvalue weighted by Gasteiger charge is -2.19. The van der Waals surface area contributed by atoms with Crippen LogP contribution in [0.5, 0.6) is 17.2 Å². The van der Waals surface area contributed by atoms with Crippen molar-refractivity contribution in [3.05, 3.63) is 48.0 Å². The van der Waals surface area contributed by atoms with Crippen molar-refractivity contribution >= 4 is 15.9 Å². The molecule has 0 unspecified atom stereocenters. The van der Waals surface area contributed by atoms with Crippen LogP contribution >= 0.6 is 0 Å². The van der Waals surface area contributed by atoms with Crippen LogP contribution in [-0.4, -0.2) is 59.1 Å². The van der Waals surface area contributed by atoms with Gasteiger partial charge in [0.2, 0.25) is 10.0 Å². The average Bonchev–Trinajstić information content (AvgIpc) is 2.76. The zero-order valence-corrected chi connectivity index (χ0v) is 18.5. The number of sulfonamides is 1. The van der Waals surface area contributed by atoms with Crippen molar-refractivity contribution in [2.45, 2.75) is 18.7 Å². The predicted octanol–water partition coefficient (Wildman–Crippen LogP) is 2.54. The molecule has 2 aromatic rings. The van der Waals surface area contributed by atoms with Crippen LogP contribution in [-0.2, 0) is 10.0 Å². The fourth-order valence-corrected chi connectivity index (χ4v) is 4.34. The molecule has 8 nitrogen and oxygen atoms in total. The van der Waals surface area contributed by atoms with E-state index in [0.717, 1.165) is 0 Å². The molecule has 0 saturated carbocycles. The number of hydrogen-bond acceptors (Lipinski definition) is 6. The summed E-state index contributed by atoms with van der Waals surface area (Å²) in [5.41, 5.74) is 0.145. The Kier molecular flexibility index (Phi) is 8.49. The normalized spacial score (nSPS) is 11.2. The Morgan fingerprint density at radius 2 is 1.70 bits per heavy atom. The number of nitrogens with one attached hydrogen (secondary N) is 1. The van der Waals surface area contributed by atoms with Gasteiger partial charge in [-0.25, -0.2) is 8.42 Å². The van der Waals surface area contributed by atoms with E-state index in [2.05, 4.69) is 5.32 Å². The fraction of sp³-hybridized carbons (Fsp3) is 0.381. The summed E-state index contributed by atoms with van der Waals surface area (Å²) in [5, 5.41) is 2.72. The lowest BCUT2D eigenvalue weighted by atomic mass is 10.2. The van der Waals surface area contributed by atoms with Gasteiger partial charge in [0, 0.05) is 19.2 Å². The van der Waals surface area contributed by atoms with Gasteiger partial charge in [0.15, 0.2) is 0 Å². The molecule has 0 aliphatic rings. The van der Waals surface area contributed by atoms with Crippen molar-refractivity contribution in [3.63, 3.8) is 0 Å². The minimum Gasteiger partial charge on any atom is -0.497 e. The Morgan fingerprint density at radius 1 is 1.00 bits per heavy atom. The van der Waals surface area contributed by atoms with E-state index >= 15 is 0 Å². The monoisotopic (exact) mass is 436 g/mol. The van der Waals surface area contributed by atoms with Crippen molar-refractivity contribution in [3.8, 4) is 17.2 Å². The molecule has 2 rings (SSSR count). The van der Waals surface area contributed by atoms with E-state index in [1.165, 1.54) is 29.6 Å². The standard InChI is InChI=1S/C21H28N2O6S/c1-5-23(6-2)30(25,26)18-10-11-20(28-4)19(15-18)21(24)22-12-13-29-17-9-7-8-16(14-17)27-3/h7-11,14-15H,5-6,12-13H2,1-4H3,(H,22,24). The molecule has 9 heteroatoms. The smallest absolute Gasteiger partial charge is 0.255 e. The Hall–Kier alpha value is -2.78. The zero-order chi connectivity index (χ0) is 22.1. The second-order valence-electron chi connectivity index (χ2n) is 6.23. The molecule has 0 fully saturated rings. The number of nitrogens with zero attached hydrogens (tertiary/aromatic N) is 1. The number of hydrogen-bond donors (Lipinski definition) is 1. The lowest BCUT2D eigenvalue weighted by Crippen LogP contribution is -2.31. The SMILES string of the molecule is CCN(CC)S(=O)(=O)c1ccc(OC)c(C(=O)NCCOc2cccc(OC)c2)c1. The molecule has 0 aliphatic carbocycles. The highest BCUT2D eigenvalue weighted by Crippen LogP contribution is 2.24. The highest BCUT2D eigenvalue weighted by molar-refractivity contribution is 7.89. The summed E-state index contributed by atoms with van der Waals surface area (Å²) in [6.07, 6.45) is 0. The number of amides is 1. The second-order valence-corrected chi connectivity index (χ2v) is 8.17. The van der Waals surface area contributed by atoms with Gasteiger partial charge in [0.1, 0.15) is 23.9 Å². The second kappa shape index (κ2) is 10.8. The van der Waals surface area contributed by atoms with Gasteiger partial charge < -0.3 is 19.5 Å². The fourth-order valence-electron chi connectivity index (χ4n) is 2.86. The molecule has 0 spiro atoms. The first kappa shape index (κ1) is 23.5. The topological polar surface area (TPSA) is 94.2 Å². The summed E-state index contributed by atoms with van der Waals surface area (Å²) in [6.45, 7) is 4.67. The molecule has 30 heavy (non-hydrogen) atoms. The first-order valence-electron chi connectivity index (χ1n) is 9.60. The number of ether oxygens (including phenoxy) is 3. The quantitative estimate of drug-likeness (QED) is 0.544. The number of carbonyl (C=O) groups is 1. The molecule has 0 saturated heterocycles. The van der Waals surface area contributed by atoms with E-state index in [0.29, 0.717) is 30.3 Å². The Balaban J connectivity index is 2.08. The average molecular weight is 437 g/mol. The third-order valence-corrected chi connectivity index (χ3v) is 6.50. The molecule has 0 atom stereocenters. The Bertz CT molecular complexity index is 958. The summed E-state index contributed by atoms with van der Waals surface area (Å²) in [6, 6.07) is 11.4. The Morgan fingerprint density at radius 3 is 2.33 bits per heavy atom. The maximum absolute atomic E-state index is 12.8. The van der Waals surface area contributed by atoms with Gasteiger partial charge >= 0.3 is 0 Å². The maximum Gasteiger partial charge on any atom is 0.255 e. The van der Waals surface area contributed by atoms with Crippen molar-refractivity contribution in [2.75, 3.05) is 40.5 Å². The number of carbonyl (C=O) groups excluding carboxylic acids is 1. The summed E-state index contributed by atoms with van der Waals surface area (Å²) < 4.78 is 42.8. The van der Waals surface area contributed by atoms with Gasteiger partial charge in [-0.15, -0.1) is 0 Å². The van der Waals surface area contributed by atoms with Crippen LogP contribution in [0.15, 0.2) is 47.4 Å². The molecule has 0 aromatic heterocycles. The third-order valence-electron chi connectivity index (χ3n) is 4.46. The van der Waals surface area contributed by atoms with Crippen LogP contribution in [0.4, 0.5) is 0 Å². The molecule has 1 amide bonds. The van der Waals surface area contributed by atoms with Crippen molar-refractivity contribution in [1.29, 1.82) is 0 Å². The lowest BCUT2D eigenvalue weighted by molar-refractivity contribution is 0.0943. The molecule has 1 N–H and O–H groups in total. The van der Waals surface area contributed by atoms with Gasteiger partial charge in [-0.05, 0) is 30.3 Å². The van der Waals surface area contributed by atoms with Crippen molar-refractivity contribution < 1.29 is 27.4 Å². The van der Waals surface area contributed by atoms with E-state index in [1.54, 1.807) is 45.2 Å². The van der Waals surface area contributed by atoms with Crippen LogP contribution in [0.1, 0.15) is 24.2 Å². The van der Waals surface area contributed by atoms with Crippen LogP contribution in [0.2, 0.25) is 0 Å². The molecular formula is C21H28N2O6S. The van der Waals surface area contributed by atoms with E-state index in [1.807, 2.05) is 0 Å². The number of benzene rings is 2. The van der Waals surface area contributed by atoms with Gasteiger partial charge in [-0.2, -0.15) is 4.31 Å². The van der Waals surface area contributed by atoms with Gasteiger partial charge in [-0.1, -0.05) is 19.9 Å². The van der Waals surface area contributed by atoms with E-state index in [4.69, 9.17) is 14.2 Å². The van der Waals surface area contributed by atoms with E-state index in [-0.39, 0.29) is 23.6 Å². The number of methoxy groups -OCH3 is 2. The molecule has 0 aliphatic heterocycles. The predicted molar refractivity (Wildman–Crippen MR) is 114 cm³/mol. The Labute approximate surface area is 177 Å². The molecule has 0 heterocycles. The van der Waals surface area contributed by atoms with Gasteiger partial charge in [-0.3, -0.25) is 4.79 Å². The first-order chi connectivity index (χ1) is 14.4. The minimum absolute atomic E-state index is 0.0461. The first-order valence-corrected chi connectivity index (χ1v) is 11.0. The number of rotatable bonds is 11. The van der Waals surface area contributed by atoms with Crippen molar-refractivity contribution in [1.82, 2.24) is 9.62 Å². The summed E-state index contributed by atoms with van der Waals surface area (Å²) in [5.74, 6) is 1.14. The maximum atomic E-state index is 12.8. The highest BCUT2D eigenvalue weighted by Gasteiger charge is 2.24. The van der Waals surface area contributed by atoms with E-state index < -0.39 is 15.9 Å². The molecule has 2 aromatic carbocycles. The largest absolute Gasteiger partial charge is 0.497 e. The van der Waals surface area contributed by atoms with Crippen LogP contribution in [0.25, 0.3) is 0 Å². The highest BCUT2D eigenvalue weighted by atomic mass is 32.2. The van der Waals surface area contributed by atoms with Crippen LogP contribution in [0.3, 0.4) is 0 Å². The third kappa shape index (κ3) is 5.64. The molecule has 0 bridgehead atoms. The summed E-state index contributed by atoms with van der Waals surface area (Å²) in [4.78, 5) is 12.7. The zero-order valence-electron chi connectivity index (χ0n) is 17.7. The van der Waals surface area contributed by atoms with Crippen molar-refractivity contribution in [2.24, 2.45) is 0 Å². The summed E-state index contributed by atoms with van der Waals surface area (Å²) >= 11 is 0. The molecular weight excluding hydrogens is 408 g/mol. The molecule has 164 valence electrons. The molecule has 0 radical (unpaired) electrons. The minimum atomic E-state index is -3.69.